The number of amides is 2. The van der Waals surface area contributed by atoms with Crippen molar-refractivity contribution in [3.8, 4) is 6.07 Å². The number of carbonyl (C=O) groups is 2. The zero-order chi connectivity index (χ0) is 18.8. The molecule has 0 saturated carbocycles. The molecule has 2 aromatic rings. The first kappa shape index (κ1) is 19.2. The predicted molar refractivity (Wildman–Crippen MR) is 102 cm³/mol. The summed E-state index contributed by atoms with van der Waals surface area (Å²) in [6, 6.07) is 19.0. The molecule has 0 aliphatic heterocycles. The van der Waals surface area contributed by atoms with Crippen LogP contribution in [0.25, 0.3) is 0 Å². The molecule has 0 aromatic heterocycles. The number of anilines is 1. The third kappa shape index (κ3) is 6.06. The maximum atomic E-state index is 12.0. The van der Waals surface area contributed by atoms with E-state index >= 15 is 0 Å². The summed E-state index contributed by atoms with van der Waals surface area (Å²) in [7, 11) is 0. The van der Waals surface area contributed by atoms with E-state index in [1.807, 2.05) is 24.3 Å². The van der Waals surface area contributed by atoms with Crippen molar-refractivity contribution in [2.24, 2.45) is 0 Å². The second-order valence-electron chi connectivity index (χ2n) is 6.02. The standard InChI is InChI=1S/C21H23N3O2/c1-17(25)24(20-11-9-19(16-22)10-12-20)15-13-21(26)23-14-5-8-18-6-3-2-4-7-18/h2-4,6-7,9-12H,5,8,13-15H2,1H3,(H,23,26). The first-order chi connectivity index (χ1) is 12.6. The van der Waals surface area contributed by atoms with Gasteiger partial charge in [0, 0.05) is 32.1 Å². The Morgan fingerprint density at radius 1 is 1.08 bits per heavy atom. The lowest BCUT2D eigenvalue weighted by molar-refractivity contribution is -0.121. The summed E-state index contributed by atoms with van der Waals surface area (Å²) < 4.78 is 0. The fourth-order valence-electron chi connectivity index (χ4n) is 2.65. The molecule has 26 heavy (non-hydrogen) atoms. The molecule has 0 heterocycles. The lowest BCUT2D eigenvalue weighted by atomic mass is 10.1. The minimum absolute atomic E-state index is 0.0713. The number of nitrogens with zero attached hydrogens (tertiary/aromatic N) is 2. The highest BCUT2D eigenvalue weighted by Crippen LogP contribution is 2.15. The van der Waals surface area contributed by atoms with Crippen LogP contribution in [0.5, 0.6) is 0 Å². The fraction of sp³-hybridized carbons (Fsp3) is 0.286. The molecule has 2 amide bonds. The molecular formula is C21H23N3O2. The molecule has 0 atom stereocenters. The Bertz CT molecular complexity index is 764. The molecule has 0 aliphatic carbocycles. The topological polar surface area (TPSA) is 73.2 Å². The summed E-state index contributed by atoms with van der Waals surface area (Å²) in [5.74, 6) is -0.204. The van der Waals surface area contributed by atoms with Crippen LogP contribution in [0.4, 0.5) is 5.69 Å². The molecule has 1 N–H and O–H groups in total. The summed E-state index contributed by atoms with van der Waals surface area (Å²) >= 11 is 0. The van der Waals surface area contributed by atoms with Gasteiger partial charge in [-0.25, -0.2) is 0 Å². The second kappa shape index (κ2) is 10.00. The number of hydrogen-bond acceptors (Lipinski definition) is 3. The van der Waals surface area contributed by atoms with Gasteiger partial charge in [0.2, 0.25) is 11.8 Å². The van der Waals surface area contributed by atoms with Gasteiger partial charge in [0.1, 0.15) is 0 Å². The van der Waals surface area contributed by atoms with E-state index < -0.39 is 0 Å². The van der Waals surface area contributed by atoms with E-state index in [2.05, 4.69) is 17.4 Å². The average molecular weight is 349 g/mol. The molecule has 0 fully saturated rings. The quantitative estimate of drug-likeness (QED) is 0.745. The Kier molecular flexibility index (Phi) is 7.38. The molecule has 134 valence electrons. The highest BCUT2D eigenvalue weighted by molar-refractivity contribution is 5.92. The van der Waals surface area contributed by atoms with Gasteiger partial charge in [0.15, 0.2) is 0 Å². The summed E-state index contributed by atoms with van der Waals surface area (Å²) in [5.41, 5.74) is 2.48. The minimum Gasteiger partial charge on any atom is -0.356 e. The Morgan fingerprint density at radius 2 is 1.77 bits per heavy atom. The maximum Gasteiger partial charge on any atom is 0.223 e. The van der Waals surface area contributed by atoms with Crippen molar-refractivity contribution >= 4 is 17.5 Å². The molecule has 5 nitrogen and oxygen atoms in total. The van der Waals surface area contributed by atoms with E-state index in [1.54, 1.807) is 29.2 Å². The van der Waals surface area contributed by atoms with Gasteiger partial charge in [-0.2, -0.15) is 5.26 Å². The van der Waals surface area contributed by atoms with Crippen molar-refractivity contribution in [3.63, 3.8) is 0 Å². The highest BCUT2D eigenvalue weighted by Gasteiger charge is 2.13. The molecule has 0 aliphatic rings. The maximum absolute atomic E-state index is 12.0. The molecule has 0 spiro atoms. The molecule has 0 bridgehead atoms. The Balaban J connectivity index is 1.76. The largest absolute Gasteiger partial charge is 0.356 e. The summed E-state index contributed by atoms with van der Waals surface area (Å²) in [6.07, 6.45) is 2.04. The number of benzene rings is 2. The van der Waals surface area contributed by atoms with Crippen molar-refractivity contribution in [2.75, 3.05) is 18.0 Å². The average Bonchev–Trinajstić information content (AvgIpc) is 2.66. The molecule has 5 heteroatoms. The number of rotatable bonds is 8. The van der Waals surface area contributed by atoms with Gasteiger partial charge in [-0.15, -0.1) is 0 Å². The Morgan fingerprint density at radius 3 is 2.38 bits per heavy atom. The van der Waals surface area contributed by atoms with Crippen LogP contribution in [0.2, 0.25) is 0 Å². The number of hydrogen-bond donors (Lipinski definition) is 1. The van der Waals surface area contributed by atoms with Crippen molar-refractivity contribution in [1.29, 1.82) is 5.26 Å². The summed E-state index contributed by atoms with van der Waals surface area (Å²) in [5, 5.41) is 11.7. The van der Waals surface area contributed by atoms with Crippen molar-refractivity contribution < 1.29 is 9.59 Å². The fourth-order valence-corrected chi connectivity index (χ4v) is 2.65. The van der Waals surface area contributed by atoms with Crippen LogP contribution in [-0.2, 0) is 16.0 Å². The first-order valence-corrected chi connectivity index (χ1v) is 8.69. The zero-order valence-electron chi connectivity index (χ0n) is 14.9. The molecule has 0 unspecified atom stereocenters. The van der Waals surface area contributed by atoms with Crippen molar-refractivity contribution in [2.45, 2.75) is 26.2 Å². The van der Waals surface area contributed by atoms with Crippen LogP contribution >= 0.6 is 0 Å². The van der Waals surface area contributed by atoms with Crippen LogP contribution in [0.1, 0.15) is 30.9 Å². The van der Waals surface area contributed by atoms with Gasteiger partial charge < -0.3 is 10.2 Å². The van der Waals surface area contributed by atoms with Crippen LogP contribution in [0.3, 0.4) is 0 Å². The minimum atomic E-state index is -0.133. The van der Waals surface area contributed by atoms with Gasteiger partial charge in [-0.3, -0.25) is 9.59 Å². The van der Waals surface area contributed by atoms with Crippen LogP contribution in [0.15, 0.2) is 54.6 Å². The highest BCUT2D eigenvalue weighted by atomic mass is 16.2. The van der Waals surface area contributed by atoms with E-state index in [0.29, 0.717) is 24.3 Å². The van der Waals surface area contributed by atoms with Gasteiger partial charge in [-0.1, -0.05) is 30.3 Å². The van der Waals surface area contributed by atoms with Gasteiger partial charge in [-0.05, 0) is 42.7 Å². The summed E-state index contributed by atoms with van der Waals surface area (Å²) in [6.45, 7) is 2.40. The van der Waals surface area contributed by atoms with Crippen LogP contribution in [-0.4, -0.2) is 24.9 Å². The lowest BCUT2D eigenvalue weighted by Gasteiger charge is -2.21. The van der Waals surface area contributed by atoms with E-state index in [-0.39, 0.29) is 18.2 Å². The third-order valence-corrected chi connectivity index (χ3v) is 4.06. The van der Waals surface area contributed by atoms with Crippen molar-refractivity contribution in [3.05, 3.63) is 65.7 Å². The smallest absolute Gasteiger partial charge is 0.223 e. The molecular weight excluding hydrogens is 326 g/mol. The second-order valence-corrected chi connectivity index (χ2v) is 6.02. The number of aryl methyl sites for hydroxylation is 1. The number of nitrogens with one attached hydrogen (secondary N) is 1. The van der Waals surface area contributed by atoms with E-state index in [9.17, 15) is 9.59 Å². The SMILES string of the molecule is CC(=O)N(CCC(=O)NCCCc1ccccc1)c1ccc(C#N)cc1. The Hall–Kier alpha value is -3.13. The molecule has 0 radical (unpaired) electrons. The predicted octanol–water partition coefficient (Wildman–Crippen LogP) is 3.05. The zero-order valence-corrected chi connectivity index (χ0v) is 14.9. The monoisotopic (exact) mass is 349 g/mol. The number of nitriles is 1. The number of carbonyl (C=O) groups excluding carboxylic acids is 2. The normalized spacial score (nSPS) is 10.0. The molecule has 0 saturated heterocycles. The van der Waals surface area contributed by atoms with Gasteiger partial charge in [0.05, 0.1) is 11.6 Å². The van der Waals surface area contributed by atoms with Crippen molar-refractivity contribution in [1.82, 2.24) is 5.32 Å². The van der Waals surface area contributed by atoms with Gasteiger partial charge in [0.25, 0.3) is 0 Å². The van der Waals surface area contributed by atoms with E-state index in [4.69, 9.17) is 5.26 Å². The lowest BCUT2D eigenvalue weighted by Crippen LogP contribution is -2.34. The van der Waals surface area contributed by atoms with Gasteiger partial charge >= 0.3 is 0 Å². The summed E-state index contributed by atoms with van der Waals surface area (Å²) in [4.78, 5) is 25.4. The first-order valence-electron chi connectivity index (χ1n) is 8.69. The van der Waals surface area contributed by atoms with E-state index in [0.717, 1.165) is 12.8 Å². The molecule has 2 aromatic carbocycles. The third-order valence-electron chi connectivity index (χ3n) is 4.06. The molecule has 2 rings (SSSR count). The van der Waals surface area contributed by atoms with E-state index in [1.165, 1.54) is 12.5 Å². The Labute approximate surface area is 154 Å². The van der Waals surface area contributed by atoms with Crippen LogP contribution < -0.4 is 10.2 Å². The van der Waals surface area contributed by atoms with Crippen LogP contribution in [0, 0.1) is 11.3 Å².